The molecular formula is C16H19N3O3. The summed E-state index contributed by atoms with van der Waals surface area (Å²) in [5, 5.41) is 2.68. The summed E-state index contributed by atoms with van der Waals surface area (Å²) in [6.45, 7) is 5.81. The van der Waals surface area contributed by atoms with Gasteiger partial charge in [0, 0.05) is 6.54 Å². The van der Waals surface area contributed by atoms with Crippen molar-refractivity contribution in [2.75, 3.05) is 0 Å². The van der Waals surface area contributed by atoms with E-state index in [1.807, 2.05) is 31.2 Å². The fraction of sp³-hybridized carbons (Fsp3) is 0.250. The van der Waals surface area contributed by atoms with E-state index in [0.717, 1.165) is 11.1 Å². The van der Waals surface area contributed by atoms with Crippen LogP contribution in [0.2, 0.25) is 0 Å². The first kappa shape index (κ1) is 15.6. The van der Waals surface area contributed by atoms with E-state index in [9.17, 15) is 9.59 Å². The van der Waals surface area contributed by atoms with E-state index in [1.165, 1.54) is 0 Å². The lowest BCUT2D eigenvalue weighted by atomic mass is 10.1. The molecule has 22 heavy (non-hydrogen) atoms. The van der Waals surface area contributed by atoms with E-state index >= 15 is 0 Å². The minimum absolute atomic E-state index is 0.387. The third-order valence-electron chi connectivity index (χ3n) is 3.28. The Hall–Kier alpha value is -2.76. The number of furan rings is 1. The fourth-order valence-corrected chi connectivity index (χ4v) is 2.07. The summed E-state index contributed by atoms with van der Waals surface area (Å²) in [6.07, 6.45) is 0. The van der Waals surface area contributed by atoms with Crippen LogP contribution in [-0.4, -0.2) is 11.9 Å². The van der Waals surface area contributed by atoms with E-state index < -0.39 is 11.9 Å². The molecule has 0 bridgehead atoms. The van der Waals surface area contributed by atoms with Crippen LogP contribution in [-0.2, 0) is 6.54 Å². The first-order chi connectivity index (χ1) is 10.5. The molecule has 6 heteroatoms. The Balaban J connectivity index is 1.82. The van der Waals surface area contributed by atoms with Gasteiger partial charge in [-0.05, 0) is 38.0 Å². The third-order valence-corrected chi connectivity index (χ3v) is 3.28. The molecule has 0 saturated heterocycles. The van der Waals surface area contributed by atoms with Crippen LogP contribution in [0.3, 0.4) is 0 Å². The number of carbonyl (C=O) groups is 2. The Morgan fingerprint density at radius 3 is 2.45 bits per heavy atom. The van der Waals surface area contributed by atoms with Gasteiger partial charge in [0.25, 0.3) is 5.91 Å². The first-order valence-electron chi connectivity index (χ1n) is 6.93. The van der Waals surface area contributed by atoms with Crippen LogP contribution >= 0.6 is 0 Å². The van der Waals surface area contributed by atoms with Crippen molar-refractivity contribution in [1.82, 2.24) is 16.2 Å². The molecule has 3 N–H and O–H groups in total. The highest BCUT2D eigenvalue weighted by atomic mass is 16.3. The van der Waals surface area contributed by atoms with Crippen LogP contribution in [0.4, 0.5) is 4.79 Å². The second-order valence-corrected chi connectivity index (χ2v) is 5.02. The van der Waals surface area contributed by atoms with Gasteiger partial charge in [-0.3, -0.25) is 10.2 Å². The maximum Gasteiger partial charge on any atom is 0.333 e. The molecule has 0 aliphatic rings. The molecule has 3 amide bonds. The molecule has 6 nitrogen and oxygen atoms in total. The van der Waals surface area contributed by atoms with Crippen LogP contribution in [0.15, 0.2) is 34.7 Å². The molecule has 0 aliphatic carbocycles. The molecule has 1 aromatic carbocycles. The summed E-state index contributed by atoms with van der Waals surface area (Å²) in [5.41, 5.74) is 7.17. The van der Waals surface area contributed by atoms with Crippen molar-refractivity contribution in [3.63, 3.8) is 0 Å². The number of aryl methyl sites for hydroxylation is 3. The number of urea groups is 1. The Bertz CT molecular complexity index is 692. The summed E-state index contributed by atoms with van der Waals surface area (Å²) in [5.74, 6) is 0.740. The molecule has 2 aromatic rings. The average Bonchev–Trinajstić information content (AvgIpc) is 2.82. The van der Waals surface area contributed by atoms with Gasteiger partial charge in [-0.25, -0.2) is 10.2 Å². The second kappa shape index (κ2) is 6.80. The summed E-state index contributed by atoms with van der Waals surface area (Å²) in [4.78, 5) is 23.6. The molecule has 0 saturated carbocycles. The zero-order valence-corrected chi connectivity index (χ0v) is 12.8. The van der Waals surface area contributed by atoms with Crippen molar-refractivity contribution >= 4 is 11.9 Å². The zero-order chi connectivity index (χ0) is 16.1. The van der Waals surface area contributed by atoms with Crippen molar-refractivity contribution in [2.45, 2.75) is 27.3 Å². The molecule has 1 aromatic heterocycles. The summed E-state index contributed by atoms with van der Waals surface area (Å²) in [6, 6.07) is 8.90. The highest BCUT2D eigenvalue weighted by molar-refractivity contribution is 5.96. The SMILES string of the molecule is Cc1cc(C(=O)NNC(=O)NCc2ccccc2C)c(C)o1. The second-order valence-electron chi connectivity index (χ2n) is 5.02. The lowest BCUT2D eigenvalue weighted by Crippen LogP contribution is -2.46. The molecule has 0 atom stereocenters. The predicted molar refractivity (Wildman–Crippen MR) is 82.2 cm³/mol. The van der Waals surface area contributed by atoms with Gasteiger partial charge in [0.1, 0.15) is 11.5 Å². The van der Waals surface area contributed by atoms with Crippen molar-refractivity contribution in [1.29, 1.82) is 0 Å². The zero-order valence-electron chi connectivity index (χ0n) is 12.8. The monoisotopic (exact) mass is 301 g/mol. The first-order valence-corrected chi connectivity index (χ1v) is 6.93. The minimum atomic E-state index is -0.477. The number of benzene rings is 1. The van der Waals surface area contributed by atoms with Crippen molar-refractivity contribution in [3.8, 4) is 0 Å². The third kappa shape index (κ3) is 3.88. The highest BCUT2D eigenvalue weighted by Crippen LogP contribution is 2.12. The summed E-state index contributed by atoms with van der Waals surface area (Å²) >= 11 is 0. The molecule has 0 unspecified atom stereocenters. The van der Waals surface area contributed by atoms with Gasteiger partial charge in [-0.15, -0.1) is 0 Å². The van der Waals surface area contributed by atoms with E-state index in [4.69, 9.17) is 4.42 Å². The van der Waals surface area contributed by atoms with Crippen LogP contribution in [0.1, 0.15) is 33.0 Å². The normalized spacial score (nSPS) is 10.1. The predicted octanol–water partition coefficient (Wildman–Crippen LogP) is 2.35. The molecule has 116 valence electrons. The van der Waals surface area contributed by atoms with Gasteiger partial charge in [0.15, 0.2) is 0 Å². The Morgan fingerprint density at radius 2 is 1.82 bits per heavy atom. The van der Waals surface area contributed by atoms with Gasteiger partial charge in [0.05, 0.1) is 5.56 Å². The van der Waals surface area contributed by atoms with Crippen molar-refractivity contribution < 1.29 is 14.0 Å². The molecule has 2 rings (SSSR count). The van der Waals surface area contributed by atoms with Gasteiger partial charge < -0.3 is 9.73 Å². The van der Waals surface area contributed by atoms with E-state index in [1.54, 1.807) is 19.9 Å². The number of hydrogen-bond donors (Lipinski definition) is 3. The van der Waals surface area contributed by atoms with E-state index in [2.05, 4.69) is 16.2 Å². The number of hydrazine groups is 1. The van der Waals surface area contributed by atoms with Crippen LogP contribution in [0.25, 0.3) is 0 Å². The molecular weight excluding hydrogens is 282 g/mol. The van der Waals surface area contributed by atoms with Crippen LogP contribution in [0, 0.1) is 20.8 Å². The van der Waals surface area contributed by atoms with Gasteiger partial charge in [-0.2, -0.15) is 0 Å². The Morgan fingerprint density at radius 1 is 1.09 bits per heavy atom. The van der Waals surface area contributed by atoms with Gasteiger partial charge in [-0.1, -0.05) is 24.3 Å². The standard InChI is InChI=1S/C16H19N3O3/c1-10-6-4-5-7-13(10)9-17-16(21)19-18-15(20)14-8-11(2)22-12(14)3/h4-8H,9H2,1-3H3,(H,18,20)(H2,17,19,21). The molecule has 0 aliphatic heterocycles. The quantitative estimate of drug-likeness (QED) is 0.761. The summed E-state index contributed by atoms with van der Waals surface area (Å²) < 4.78 is 5.27. The number of rotatable bonds is 3. The van der Waals surface area contributed by atoms with Crippen LogP contribution in [0.5, 0.6) is 0 Å². The van der Waals surface area contributed by atoms with Gasteiger partial charge >= 0.3 is 6.03 Å². The van der Waals surface area contributed by atoms with Gasteiger partial charge in [0.2, 0.25) is 0 Å². The molecule has 0 radical (unpaired) electrons. The van der Waals surface area contributed by atoms with E-state index in [-0.39, 0.29) is 0 Å². The molecule has 1 heterocycles. The minimum Gasteiger partial charge on any atom is -0.466 e. The molecule has 0 spiro atoms. The van der Waals surface area contributed by atoms with E-state index in [0.29, 0.717) is 23.6 Å². The smallest absolute Gasteiger partial charge is 0.333 e. The van der Waals surface area contributed by atoms with Crippen molar-refractivity contribution in [2.24, 2.45) is 0 Å². The topological polar surface area (TPSA) is 83.4 Å². The largest absolute Gasteiger partial charge is 0.466 e. The van der Waals surface area contributed by atoms with Crippen LogP contribution < -0.4 is 16.2 Å². The fourth-order valence-electron chi connectivity index (χ4n) is 2.07. The maximum atomic E-state index is 11.9. The summed E-state index contributed by atoms with van der Waals surface area (Å²) in [7, 11) is 0. The van der Waals surface area contributed by atoms with Crippen molar-refractivity contribution in [3.05, 3.63) is 58.5 Å². The maximum absolute atomic E-state index is 11.9. The Labute approximate surface area is 128 Å². The number of amides is 3. The molecule has 0 fully saturated rings. The average molecular weight is 301 g/mol. The lowest BCUT2D eigenvalue weighted by Gasteiger charge is -2.10. The number of carbonyl (C=O) groups excluding carboxylic acids is 2. The number of hydrogen-bond acceptors (Lipinski definition) is 3. The highest BCUT2D eigenvalue weighted by Gasteiger charge is 2.13. The lowest BCUT2D eigenvalue weighted by molar-refractivity contribution is 0.0934. The Kier molecular flexibility index (Phi) is 4.83. The number of nitrogens with one attached hydrogen (secondary N) is 3.